The second kappa shape index (κ2) is 11.1. The van der Waals surface area contributed by atoms with Crippen molar-refractivity contribution in [2.45, 2.75) is 77.5 Å². The quantitative estimate of drug-likeness (QED) is 0.310. The van der Waals surface area contributed by atoms with Crippen LogP contribution in [0.2, 0.25) is 0 Å². The van der Waals surface area contributed by atoms with E-state index in [1.54, 1.807) is 6.26 Å². The molecule has 3 aromatic heterocycles. The van der Waals surface area contributed by atoms with Crippen LogP contribution in [0.3, 0.4) is 0 Å². The summed E-state index contributed by atoms with van der Waals surface area (Å²) in [4.78, 5) is 18.5. The van der Waals surface area contributed by atoms with E-state index in [2.05, 4.69) is 32.3 Å². The number of rotatable bonds is 11. The molecule has 1 atom stereocenters. The molecule has 5 rings (SSSR count). The zero-order valence-electron chi connectivity index (χ0n) is 21.0. The molecule has 1 aliphatic rings. The van der Waals surface area contributed by atoms with Crippen molar-refractivity contribution in [2.24, 2.45) is 0 Å². The summed E-state index contributed by atoms with van der Waals surface area (Å²) in [5, 5.41) is 13.9. The van der Waals surface area contributed by atoms with Crippen LogP contribution in [-0.2, 0) is 13.1 Å². The maximum atomic E-state index is 13.1. The number of H-pyrrole nitrogens is 1. The lowest BCUT2D eigenvalue weighted by Gasteiger charge is -2.31. The number of hydrogen-bond acceptors (Lipinski definition) is 7. The van der Waals surface area contributed by atoms with E-state index in [0.29, 0.717) is 31.3 Å². The first-order valence-corrected chi connectivity index (χ1v) is 13.0. The third-order valence-corrected chi connectivity index (χ3v) is 7.01. The van der Waals surface area contributed by atoms with Crippen molar-refractivity contribution in [3.05, 3.63) is 70.2 Å². The third kappa shape index (κ3) is 5.21. The van der Waals surface area contributed by atoms with Crippen LogP contribution < -0.4 is 10.3 Å². The maximum absolute atomic E-state index is 13.1. The normalized spacial score (nSPS) is 15.2. The van der Waals surface area contributed by atoms with E-state index in [4.69, 9.17) is 9.15 Å². The summed E-state index contributed by atoms with van der Waals surface area (Å²) < 4.78 is 13.4. The van der Waals surface area contributed by atoms with E-state index >= 15 is 0 Å². The Hall–Kier alpha value is -3.46. The third-order valence-electron chi connectivity index (χ3n) is 7.01. The fraction of sp³-hybridized carbons (Fsp3) is 0.481. The molecule has 0 spiro atoms. The number of nitrogens with zero attached hydrogens (tertiary/aromatic N) is 5. The number of aromatic amines is 1. The predicted molar refractivity (Wildman–Crippen MR) is 137 cm³/mol. The van der Waals surface area contributed by atoms with Crippen molar-refractivity contribution in [3.63, 3.8) is 0 Å². The zero-order valence-corrected chi connectivity index (χ0v) is 21.0. The molecule has 1 saturated carbocycles. The van der Waals surface area contributed by atoms with Gasteiger partial charge < -0.3 is 14.1 Å². The average molecular weight is 491 g/mol. The van der Waals surface area contributed by atoms with E-state index in [0.717, 1.165) is 53.9 Å². The molecule has 4 aromatic rings. The predicted octanol–water partition coefficient (Wildman–Crippen LogP) is 5.17. The lowest BCUT2D eigenvalue weighted by molar-refractivity contribution is 0.142. The molecule has 9 nitrogen and oxygen atoms in total. The van der Waals surface area contributed by atoms with Crippen LogP contribution in [0, 0.1) is 0 Å². The van der Waals surface area contributed by atoms with Gasteiger partial charge in [-0.25, -0.2) is 4.68 Å². The van der Waals surface area contributed by atoms with Crippen molar-refractivity contribution in [2.75, 3.05) is 6.61 Å². The number of tetrazole rings is 1. The lowest BCUT2D eigenvalue weighted by Crippen LogP contribution is -2.33. The molecule has 0 saturated heterocycles. The number of fused-ring (bicyclic) bond motifs is 1. The van der Waals surface area contributed by atoms with Gasteiger partial charge in [0.15, 0.2) is 5.82 Å². The van der Waals surface area contributed by atoms with Gasteiger partial charge in [0.05, 0.1) is 31.5 Å². The summed E-state index contributed by atoms with van der Waals surface area (Å²) in [6.07, 6.45) is 8.12. The van der Waals surface area contributed by atoms with Gasteiger partial charge in [0.1, 0.15) is 11.5 Å². The van der Waals surface area contributed by atoms with Gasteiger partial charge in [-0.1, -0.05) is 26.2 Å². The van der Waals surface area contributed by atoms with Gasteiger partial charge in [0.25, 0.3) is 5.56 Å². The topological polar surface area (TPSA) is 102 Å². The first kappa shape index (κ1) is 24.2. The summed E-state index contributed by atoms with van der Waals surface area (Å²) in [6.45, 7) is 5.70. The maximum Gasteiger partial charge on any atom is 0.252 e. The van der Waals surface area contributed by atoms with Gasteiger partial charge in [-0.2, -0.15) is 0 Å². The van der Waals surface area contributed by atoms with Gasteiger partial charge in [-0.3, -0.25) is 9.69 Å². The first-order chi connectivity index (χ1) is 17.7. The number of hydrogen-bond donors (Lipinski definition) is 1. The number of ether oxygens (including phenoxy) is 1. The van der Waals surface area contributed by atoms with Gasteiger partial charge in [0.2, 0.25) is 0 Å². The molecule has 0 bridgehead atoms. The molecular formula is C27H34N6O3. The number of nitrogens with one attached hydrogen (secondary N) is 1. The molecule has 1 aromatic carbocycles. The Bertz CT molecular complexity index is 1320. The van der Waals surface area contributed by atoms with Gasteiger partial charge in [0, 0.05) is 23.0 Å². The van der Waals surface area contributed by atoms with Crippen molar-refractivity contribution >= 4 is 10.9 Å². The SMILES string of the molecule is CCC[C@H](c1nnnn1C1CCCC1)N(Cc1ccco1)Cc1cc2cc(OCC)ccc2[nH]c1=O. The Morgan fingerprint density at radius 1 is 1.19 bits per heavy atom. The van der Waals surface area contributed by atoms with E-state index in [9.17, 15) is 4.79 Å². The summed E-state index contributed by atoms with van der Waals surface area (Å²) in [5.41, 5.74) is 1.38. The second-order valence-electron chi connectivity index (χ2n) is 9.51. The first-order valence-electron chi connectivity index (χ1n) is 13.0. The van der Waals surface area contributed by atoms with Crippen LogP contribution in [0.5, 0.6) is 5.75 Å². The minimum absolute atomic E-state index is 0.0550. The molecule has 0 amide bonds. The molecule has 36 heavy (non-hydrogen) atoms. The van der Waals surface area contributed by atoms with Crippen molar-refractivity contribution in [3.8, 4) is 5.75 Å². The molecule has 190 valence electrons. The van der Waals surface area contributed by atoms with E-state index < -0.39 is 0 Å². The van der Waals surface area contributed by atoms with Crippen LogP contribution in [-0.4, -0.2) is 36.7 Å². The fourth-order valence-electron chi connectivity index (χ4n) is 5.28. The average Bonchev–Trinajstić information content (AvgIpc) is 3.66. The van der Waals surface area contributed by atoms with Crippen molar-refractivity contribution in [1.82, 2.24) is 30.1 Å². The largest absolute Gasteiger partial charge is 0.494 e. The van der Waals surface area contributed by atoms with Crippen LogP contribution in [0.1, 0.15) is 81.6 Å². The highest BCUT2D eigenvalue weighted by molar-refractivity contribution is 5.80. The van der Waals surface area contributed by atoms with Crippen molar-refractivity contribution in [1.29, 1.82) is 0 Å². The summed E-state index contributed by atoms with van der Waals surface area (Å²) >= 11 is 0. The Morgan fingerprint density at radius 3 is 2.81 bits per heavy atom. The van der Waals surface area contributed by atoms with E-state index in [1.165, 1.54) is 12.8 Å². The fourth-order valence-corrected chi connectivity index (χ4v) is 5.28. The van der Waals surface area contributed by atoms with Crippen molar-refractivity contribution < 1.29 is 9.15 Å². The summed E-state index contributed by atoms with van der Waals surface area (Å²) in [7, 11) is 0. The van der Waals surface area contributed by atoms with Crippen LogP contribution >= 0.6 is 0 Å². The molecule has 0 radical (unpaired) electrons. The van der Waals surface area contributed by atoms with E-state index in [1.807, 2.05) is 48.0 Å². The lowest BCUT2D eigenvalue weighted by atomic mass is 10.1. The van der Waals surface area contributed by atoms with Gasteiger partial charge in [-0.05, 0) is 73.0 Å². The smallest absolute Gasteiger partial charge is 0.252 e. The molecule has 1 N–H and O–H groups in total. The zero-order chi connectivity index (χ0) is 24.9. The molecule has 1 fully saturated rings. The summed E-state index contributed by atoms with van der Waals surface area (Å²) in [5.74, 6) is 2.49. The number of aromatic nitrogens is 5. The monoisotopic (exact) mass is 490 g/mol. The Morgan fingerprint density at radius 2 is 2.06 bits per heavy atom. The highest BCUT2D eigenvalue weighted by atomic mass is 16.5. The number of pyridine rings is 1. The standard InChI is InChI=1S/C27H34N6O3/c1-3-8-25(26-29-30-31-33(26)21-9-5-6-10-21)32(18-23-11-7-14-36-23)17-20-15-19-16-22(35-4-2)12-13-24(19)28-27(20)34/h7,11-16,21,25H,3-6,8-10,17-18H2,1-2H3,(H,28,34)/t25-/m1/s1. The van der Waals surface area contributed by atoms with Crippen LogP contribution in [0.15, 0.2) is 51.9 Å². The number of benzene rings is 1. The molecular weight excluding hydrogens is 456 g/mol. The Labute approximate surface area is 210 Å². The molecule has 1 aliphatic carbocycles. The molecule has 3 heterocycles. The minimum atomic E-state index is -0.0956. The molecule has 0 unspecified atom stereocenters. The summed E-state index contributed by atoms with van der Waals surface area (Å²) in [6, 6.07) is 11.8. The molecule has 9 heteroatoms. The van der Waals surface area contributed by atoms with Gasteiger partial charge >= 0.3 is 0 Å². The highest BCUT2D eigenvalue weighted by Gasteiger charge is 2.30. The van der Waals surface area contributed by atoms with Crippen LogP contribution in [0.25, 0.3) is 10.9 Å². The highest BCUT2D eigenvalue weighted by Crippen LogP contribution is 2.34. The van der Waals surface area contributed by atoms with Gasteiger partial charge in [-0.15, -0.1) is 5.10 Å². The van der Waals surface area contributed by atoms with Crippen LogP contribution in [0.4, 0.5) is 0 Å². The second-order valence-corrected chi connectivity index (χ2v) is 9.51. The minimum Gasteiger partial charge on any atom is -0.494 e. The Balaban J connectivity index is 1.52. The van der Waals surface area contributed by atoms with E-state index in [-0.39, 0.29) is 11.6 Å². The Kier molecular flexibility index (Phi) is 7.46. The molecule has 0 aliphatic heterocycles. The number of furan rings is 1.